The molecule has 2 amide bonds. The Balaban J connectivity index is 2.09. The van der Waals surface area contributed by atoms with Crippen LogP contribution in [0.1, 0.15) is 66.2 Å². The zero-order valence-corrected chi connectivity index (χ0v) is 20.5. The van der Waals surface area contributed by atoms with Gasteiger partial charge in [0.25, 0.3) is 0 Å². The normalized spacial score (nSPS) is 34.3. The van der Waals surface area contributed by atoms with E-state index in [1.165, 1.54) is 4.90 Å². The van der Waals surface area contributed by atoms with E-state index in [9.17, 15) is 24.6 Å². The third-order valence-electron chi connectivity index (χ3n) is 8.25. The third kappa shape index (κ3) is 3.99. The average molecular weight is 465 g/mol. The summed E-state index contributed by atoms with van der Waals surface area (Å²) >= 11 is 0. The van der Waals surface area contributed by atoms with Gasteiger partial charge in [-0.15, -0.1) is 6.58 Å². The zero-order chi connectivity index (χ0) is 24.6. The smallest absolute Gasteiger partial charge is 0.310 e. The van der Waals surface area contributed by atoms with Crippen LogP contribution in [0.15, 0.2) is 12.7 Å². The van der Waals surface area contributed by atoms with E-state index in [-0.39, 0.29) is 24.3 Å². The molecule has 2 unspecified atom stereocenters. The van der Waals surface area contributed by atoms with Gasteiger partial charge in [0.2, 0.25) is 11.8 Å². The second-order valence-electron chi connectivity index (χ2n) is 10.2. The highest BCUT2D eigenvalue weighted by Gasteiger charge is 2.79. The van der Waals surface area contributed by atoms with E-state index in [0.717, 1.165) is 19.3 Å². The van der Waals surface area contributed by atoms with Gasteiger partial charge in [0.1, 0.15) is 11.6 Å². The number of rotatable bonds is 12. The fourth-order valence-electron chi connectivity index (χ4n) is 6.36. The number of hydrogen-bond acceptors (Lipinski definition) is 5. The Morgan fingerprint density at radius 3 is 2.58 bits per heavy atom. The van der Waals surface area contributed by atoms with Crippen LogP contribution in [0.4, 0.5) is 0 Å². The van der Waals surface area contributed by atoms with Crippen molar-refractivity contribution in [3.8, 4) is 0 Å². The topological polar surface area (TPSA) is 107 Å². The molecule has 33 heavy (non-hydrogen) atoms. The number of likely N-dealkylation sites (tertiary alicyclic amines) is 1. The lowest BCUT2D eigenvalue weighted by Gasteiger charge is -2.41. The Morgan fingerprint density at radius 2 is 2.03 bits per heavy atom. The van der Waals surface area contributed by atoms with Crippen molar-refractivity contribution in [1.29, 1.82) is 0 Å². The van der Waals surface area contributed by atoms with Gasteiger partial charge in [-0.05, 0) is 32.1 Å². The number of unbranched alkanes of at least 4 members (excludes halogenated alkanes) is 2. The maximum atomic E-state index is 14.1. The minimum atomic E-state index is -1.18. The highest BCUT2D eigenvalue weighted by Crippen LogP contribution is 2.63. The summed E-state index contributed by atoms with van der Waals surface area (Å²) in [5.41, 5.74) is -2.16. The monoisotopic (exact) mass is 464 g/mol. The molecule has 1 spiro atoms. The first-order valence-electron chi connectivity index (χ1n) is 12.4. The van der Waals surface area contributed by atoms with Gasteiger partial charge in [-0.25, -0.2) is 0 Å². The molecule has 2 N–H and O–H groups in total. The number of hydrogen-bond donors (Lipinski definition) is 2. The first-order valence-corrected chi connectivity index (χ1v) is 12.4. The molecular formula is C25H40N2O6. The predicted molar refractivity (Wildman–Crippen MR) is 123 cm³/mol. The van der Waals surface area contributed by atoms with E-state index in [1.54, 1.807) is 17.9 Å². The first kappa shape index (κ1) is 25.7. The first-order chi connectivity index (χ1) is 15.6. The van der Waals surface area contributed by atoms with Gasteiger partial charge in [-0.3, -0.25) is 14.4 Å². The van der Waals surface area contributed by atoms with E-state index < -0.39 is 41.1 Å². The second kappa shape index (κ2) is 9.74. The standard InChI is InChI=1S/C25H40N2O6/c1-6-9-10-14-26(13-7-2)22(30)20-25-12-11-24(5,33-25)19(23(31)32)18(25)21(29)27(20)17(15-28)16(4)8-3/h7,16-20,28H,2,6,8-15H2,1,3-5H3,(H,31,32)/t16-,17-,18-,19-,20?,24+,25?/m0/s1. The molecule has 3 saturated heterocycles. The summed E-state index contributed by atoms with van der Waals surface area (Å²) in [6.45, 7) is 12.1. The van der Waals surface area contributed by atoms with Crippen molar-refractivity contribution in [2.24, 2.45) is 17.8 Å². The van der Waals surface area contributed by atoms with Gasteiger partial charge in [-0.1, -0.05) is 46.1 Å². The number of aliphatic hydroxyl groups is 1. The number of aliphatic hydroxyl groups excluding tert-OH is 1. The van der Waals surface area contributed by atoms with E-state index >= 15 is 0 Å². The Hall–Kier alpha value is -1.93. The molecule has 3 aliphatic heterocycles. The van der Waals surface area contributed by atoms with Gasteiger partial charge < -0.3 is 24.7 Å². The third-order valence-corrected chi connectivity index (χ3v) is 8.25. The summed E-state index contributed by atoms with van der Waals surface area (Å²) in [6.07, 6.45) is 6.14. The summed E-state index contributed by atoms with van der Waals surface area (Å²) in [4.78, 5) is 43.5. The molecule has 0 aromatic carbocycles. The van der Waals surface area contributed by atoms with Crippen LogP contribution in [0, 0.1) is 17.8 Å². The molecule has 0 aromatic rings. The number of carboxylic acids is 1. The number of aliphatic carboxylic acids is 1. The van der Waals surface area contributed by atoms with Crippen molar-refractivity contribution >= 4 is 17.8 Å². The van der Waals surface area contributed by atoms with Gasteiger partial charge in [0.05, 0.1) is 30.1 Å². The second-order valence-corrected chi connectivity index (χ2v) is 10.2. The Bertz CT molecular complexity index is 787. The number of ether oxygens (including phenoxy) is 1. The molecule has 8 heteroatoms. The molecule has 3 aliphatic rings. The molecule has 0 radical (unpaired) electrons. The lowest BCUT2D eigenvalue weighted by molar-refractivity contribution is -0.159. The molecule has 0 aromatic heterocycles. The van der Waals surface area contributed by atoms with Crippen molar-refractivity contribution in [2.45, 2.75) is 89.5 Å². The largest absolute Gasteiger partial charge is 0.481 e. The van der Waals surface area contributed by atoms with E-state index in [4.69, 9.17) is 4.74 Å². The molecule has 8 nitrogen and oxygen atoms in total. The molecular weight excluding hydrogens is 424 g/mol. The van der Waals surface area contributed by atoms with Crippen LogP contribution in [0.2, 0.25) is 0 Å². The molecule has 0 aliphatic carbocycles. The fourth-order valence-corrected chi connectivity index (χ4v) is 6.36. The predicted octanol–water partition coefficient (Wildman–Crippen LogP) is 2.45. The van der Waals surface area contributed by atoms with Gasteiger partial charge in [0, 0.05) is 13.1 Å². The van der Waals surface area contributed by atoms with Crippen LogP contribution >= 0.6 is 0 Å². The summed E-state index contributed by atoms with van der Waals surface area (Å²) in [5, 5.41) is 20.3. The molecule has 186 valence electrons. The van der Waals surface area contributed by atoms with Crippen LogP contribution in [0.25, 0.3) is 0 Å². The van der Waals surface area contributed by atoms with E-state index in [2.05, 4.69) is 13.5 Å². The quantitative estimate of drug-likeness (QED) is 0.339. The lowest BCUT2D eigenvalue weighted by Crippen LogP contribution is -2.60. The number of nitrogens with zero attached hydrogens (tertiary/aromatic N) is 2. The molecule has 2 bridgehead atoms. The minimum Gasteiger partial charge on any atom is -0.481 e. The van der Waals surface area contributed by atoms with Crippen LogP contribution in [0.5, 0.6) is 0 Å². The van der Waals surface area contributed by atoms with Gasteiger partial charge in [0.15, 0.2) is 0 Å². The van der Waals surface area contributed by atoms with Crippen LogP contribution in [-0.2, 0) is 19.1 Å². The lowest BCUT2D eigenvalue weighted by atomic mass is 9.66. The van der Waals surface area contributed by atoms with Crippen molar-refractivity contribution in [3.05, 3.63) is 12.7 Å². The van der Waals surface area contributed by atoms with Crippen LogP contribution < -0.4 is 0 Å². The Kier molecular flexibility index (Phi) is 7.58. The molecule has 3 fully saturated rings. The molecule has 0 saturated carbocycles. The number of amides is 2. The fraction of sp³-hybridized carbons (Fsp3) is 0.800. The molecule has 3 heterocycles. The molecule has 7 atom stereocenters. The van der Waals surface area contributed by atoms with E-state index in [0.29, 0.717) is 32.4 Å². The Labute approximate surface area is 196 Å². The minimum absolute atomic E-state index is 0.0616. The van der Waals surface area contributed by atoms with Crippen molar-refractivity contribution in [1.82, 2.24) is 9.80 Å². The van der Waals surface area contributed by atoms with E-state index in [1.807, 2.05) is 13.8 Å². The SMILES string of the molecule is C=CCN(CCCCC)C(=O)C1N([C@@H](CO)[C@@H](C)CC)C(=O)[C@@H]2[C@@H](C(=O)O)[C@@]3(C)CCC12O3. The maximum Gasteiger partial charge on any atom is 0.310 e. The number of carboxylic acid groups (broad SMARTS) is 1. The van der Waals surface area contributed by atoms with Gasteiger partial charge >= 0.3 is 5.97 Å². The Morgan fingerprint density at radius 1 is 1.33 bits per heavy atom. The summed E-state index contributed by atoms with van der Waals surface area (Å²) < 4.78 is 6.44. The van der Waals surface area contributed by atoms with Gasteiger partial charge in [-0.2, -0.15) is 0 Å². The highest BCUT2D eigenvalue weighted by atomic mass is 16.5. The summed E-state index contributed by atoms with van der Waals surface area (Å²) in [7, 11) is 0. The number of fused-ring (bicyclic) bond motifs is 1. The zero-order valence-electron chi connectivity index (χ0n) is 20.5. The van der Waals surface area contributed by atoms with Crippen LogP contribution in [-0.4, -0.2) is 80.8 Å². The van der Waals surface area contributed by atoms with Crippen molar-refractivity contribution in [2.75, 3.05) is 19.7 Å². The highest BCUT2D eigenvalue weighted by molar-refractivity contribution is 5.98. The van der Waals surface area contributed by atoms with Crippen molar-refractivity contribution in [3.63, 3.8) is 0 Å². The number of carbonyl (C=O) groups excluding carboxylic acids is 2. The van der Waals surface area contributed by atoms with Crippen molar-refractivity contribution < 1.29 is 29.3 Å². The molecule has 3 rings (SSSR count). The summed E-state index contributed by atoms with van der Waals surface area (Å²) in [5.74, 6) is -3.69. The average Bonchev–Trinajstić information content (AvgIpc) is 3.34. The number of carbonyl (C=O) groups is 3. The van der Waals surface area contributed by atoms with Crippen LogP contribution in [0.3, 0.4) is 0 Å². The summed E-state index contributed by atoms with van der Waals surface area (Å²) in [6, 6.07) is -1.53. The maximum absolute atomic E-state index is 14.1.